The molecule has 0 aliphatic carbocycles. The fourth-order valence-electron chi connectivity index (χ4n) is 5.04. The molecular weight excluding hydrogens is 580 g/mol. The second-order valence-electron chi connectivity index (χ2n) is 11.0. The van der Waals surface area contributed by atoms with Gasteiger partial charge in [-0.3, -0.25) is 9.59 Å². The first kappa shape index (κ1) is 31.1. The summed E-state index contributed by atoms with van der Waals surface area (Å²) in [6, 6.07) is 23.5. The third kappa shape index (κ3) is 7.59. The Balaban J connectivity index is 1.29. The van der Waals surface area contributed by atoms with Gasteiger partial charge in [-0.1, -0.05) is 86.6 Å². The molecule has 11 heteroatoms. The second kappa shape index (κ2) is 14.4. The van der Waals surface area contributed by atoms with E-state index in [4.69, 9.17) is 9.15 Å². The van der Waals surface area contributed by atoms with Crippen molar-refractivity contribution in [1.29, 1.82) is 0 Å². The molecule has 3 amide bonds. The van der Waals surface area contributed by atoms with Crippen molar-refractivity contribution >= 4 is 40.8 Å². The Morgan fingerprint density at radius 1 is 0.977 bits per heavy atom. The van der Waals surface area contributed by atoms with Gasteiger partial charge in [-0.2, -0.15) is 0 Å². The molecule has 10 nitrogen and oxygen atoms in total. The van der Waals surface area contributed by atoms with E-state index < -0.39 is 36.2 Å². The van der Waals surface area contributed by atoms with Gasteiger partial charge >= 0.3 is 6.09 Å². The van der Waals surface area contributed by atoms with Gasteiger partial charge in [0, 0.05) is 5.75 Å². The Bertz CT molecular complexity index is 1530. The van der Waals surface area contributed by atoms with Gasteiger partial charge in [0.15, 0.2) is 11.7 Å². The van der Waals surface area contributed by atoms with Gasteiger partial charge in [0.1, 0.15) is 24.2 Å². The monoisotopic (exact) mass is 616 g/mol. The van der Waals surface area contributed by atoms with Crippen LogP contribution in [0.1, 0.15) is 37.0 Å². The molecule has 1 saturated heterocycles. The topological polar surface area (TPSA) is 134 Å². The fourth-order valence-corrected chi connectivity index (χ4v) is 6.20. The molecule has 3 N–H and O–H groups in total. The minimum atomic E-state index is -1.24. The number of carbonyl (C=O) groups is 3. The summed E-state index contributed by atoms with van der Waals surface area (Å²) in [5.74, 6) is -0.280. The number of ether oxygens (including phenoxy) is 1. The number of thioether (sulfide) groups is 1. The number of carbonyl (C=O) groups excluding carboxylic acids is 3. The number of hydrogen-bond acceptors (Lipinski definition) is 8. The van der Waals surface area contributed by atoms with E-state index in [1.807, 2.05) is 86.6 Å². The molecule has 1 aliphatic rings. The van der Waals surface area contributed by atoms with Crippen LogP contribution in [-0.2, 0) is 27.4 Å². The average molecular weight is 617 g/mol. The maximum Gasteiger partial charge on any atom is 0.408 e. The van der Waals surface area contributed by atoms with Crippen LogP contribution in [0.3, 0.4) is 0 Å². The van der Waals surface area contributed by atoms with Gasteiger partial charge in [-0.25, -0.2) is 9.78 Å². The van der Waals surface area contributed by atoms with Crippen LogP contribution in [0.5, 0.6) is 0 Å². The third-order valence-electron chi connectivity index (χ3n) is 7.46. The van der Waals surface area contributed by atoms with E-state index in [-0.39, 0.29) is 30.2 Å². The predicted octanol–water partition coefficient (Wildman–Crippen LogP) is 4.44. The number of nitrogens with one attached hydrogen (secondary N) is 2. The van der Waals surface area contributed by atoms with Gasteiger partial charge in [-0.15, -0.1) is 11.8 Å². The number of para-hydroxylation sites is 2. The number of oxazole rings is 1. The average Bonchev–Trinajstić information content (AvgIpc) is 3.71. The van der Waals surface area contributed by atoms with E-state index in [0.717, 1.165) is 11.1 Å². The first-order chi connectivity index (χ1) is 21.3. The van der Waals surface area contributed by atoms with Gasteiger partial charge < -0.3 is 29.8 Å². The van der Waals surface area contributed by atoms with Crippen molar-refractivity contribution in [2.75, 3.05) is 11.6 Å². The van der Waals surface area contributed by atoms with Crippen LogP contribution >= 0.6 is 11.8 Å². The number of aliphatic hydroxyl groups excluding tert-OH is 1. The first-order valence-electron chi connectivity index (χ1n) is 14.5. The zero-order valence-corrected chi connectivity index (χ0v) is 25.4. The number of nitrogens with zero attached hydrogens (tertiary/aromatic N) is 2. The molecule has 5 rings (SSSR count). The van der Waals surface area contributed by atoms with Gasteiger partial charge in [-0.05, 0) is 35.6 Å². The lowest BCUT2D eigenvalue weighted by molar-refractivity contribution is -0.140. The maximum absolute atomic E-state index is 13.8. The normalized spacial score (nSPS) is 16.8. The molecule has 4 aromatic rings. The number of fused-ring (bicyclic) bond motifs is 1. The molecule has 2 heterocycles. The van der Waals surface area contributed by atoms with Crippen LogP contribution in [0.25, 0.3) is 11.1 Å². The molecule has 0 radical (unpaired) electrons. The van der Waals surface area contributed by atoms with Crippen LogP contribution in [0.15, 0.2) is 89.3 Å². The number of amides is 3. The van der Waals surface area contributed by atoms with E-state index >= 15 is 0 Å². The van der Waals surface area contributed by atoms with Crippen LogP contribution in [0, 0.1) is 5.92 Å². The maximum atomic E-state index is 13.8. The Morgan fingerprint density at radius 3 is 2.32 bits per heavy atom. The van der Waals surface area contributed by atoms with Crippen LogP contribution < -0.4 is 10.6 Å². The zero-order valence-electron chi connectivity index (χ0n) is 24.6. The van der Waals surface area contributed by atoms with Gasteiger partial charge in [0.05, 0.1) is 11.9 Å². The van der Waals surface area contributed by atoms with Crippen molar-refractivity contribution in [3.8, 4) is 0 Å². The first-order valence-corrected chi connectivity index (χ1v) is 15.7. The highest BCUT2D eigenvalue weighted by atomic mass is 32.2. The van der Waals surface area contributed by atoms with E-state index in [1.165, 1.54) is 16.7 Å². The minimum Gasteiger partial charge on any atom is -0.445 e. The SMILES string of the molecule is CC(C)[C@H](NC(=O)OCc1ccccc1)C(=O)N1CSC[C@H]1C(=O)N[C@@H](Cc1ccccc1)C(O)c1nc2ccccc2o1. The van der Waals surface area contributed by atoms with E-state index in [0.29, 0.717) is 23.3 Å². The predicted molar refractivity (Wildman–Crippen MR) is 167 cm³/mol. The van der Waals surface area contributed by atoms with Gasteiger partial charge in [0.25, 0.3) is 0 Å². The summed E-state index contributed by atoms with van der Waals surface area (Å²) >= 11 is 1.45. The highest BCUT2D eigenvalue weighted by molar-refractivity contribution is 7.99. The van der Waals surface area contributed by atoms with Crippen molar-refractivity contribution in [3.05, 3.63) is 102 Å². The van der Waals surface area contributed by atoms with Crippen molar-refractivity contribution in [3.63, 3.8) is 0 Å². The van der Waals surface area contributed by atoms with Crippen LogP contribution in [-0.4, -0.2) is 62.7 Å². The highest BCUT2D eigenvalue weighted by Crippen LogP contribution is 2.27. The molecule has 4 atom stereocenters. The molecule has 1 fully saturated rings. The molecule has 0 spiro atoms. The highest BCUT2D eigenvalue weighted by Gasteiger charge is 2.40. The molecule has 1 aromatic heterocycles. The van der Waals surface area contributed by atoms with E-state index in [1.54, 1.807) is 12.1 Å². The molecule has 1 aliphatic heterocycles. The summed E-state index contributed by atoms with van der Waals surface area (Å²) < 4.78 is 11.2. The smallest absolute Gasteiger partial charge is 0.408 e. The molecule has 230 valence electrons. The Kier molecular flexibility index (Phi) is 10.2. The summed E-state index contributed by atoms with van der Waals surface area (Å²) in [4.78, 5) is 46.0. The van der Waals surface area contributed by atoms with Crippen molar-refractivity contribution in [1.82, 2.24) is 20.5 Å². The molecule has 1 unspecified atom stereocenters. The Hall–Kier alpha value is -4.35. The summed E-state index contributed by atoms with van der Waals surface area (Å²) in [6.07, 6.45) is -1.64. The number of alkyl carbamates (subject to hydrolysis) is 1. The standard InChI is InChI=1S/C33H36N4O6S/c1-21(2)28(36-33(41)42-18-23-13-7-4-8-14-23)32(40)37-20-44-19-26(37)30(39)34-25(17-22-11-5-3-6-12-22)29(38)31-35-24-15-9-10-16-27(24)43-31/h3-16,21,25-26,28-29,38H,17-20H2,1-2H3,(H,34,39)(H,36,41)/t25-,26-,28-,29?/m0/s1. The van der Waals surface area contributed by atoms with Crippen molar-refractivity contribution in [2.24, 2.45) is 5.92 Å². The minimum absolute atomic E-state index is 0.0709. The summed E-state index contributed by atoms with van der Waals surface area (Å²) in [5, 5.41) is 17.1. The molecule has 3 aromatic carbocycles. The Morgan fingerprint density at radius 2 is 1.64 bits per heavy atom. The number of aliphatic hydroxyl groups is 1. The van der Waals surface area contributed by atoms with Crippen molar-refractivity contribution < 1.29 is 28.6 Å². The summed E-state index contributed by atoms with van der Waals surface area (Å²) in [7, 11) is 0. The van der Waals surface area contributed by atoms with Crippen LogP contribution in [0.4, 0.5) is 4.79 Å². The number of hydrogen-bond donors (Lipinski definition) is 3. The number of rotatable bonds is 11. The van der Waals surface area contributed by atoms with Crippen LogP contribution in [0.2, 0.25) is 0 Å². The second-order valence-corrected chi connectivity index (χ2v) is 12.0. The largest absolute Gasteiger partial charge is 0.445 e. The van der Waals surface area contributed by atoms with E-state index in [9.17, 15) is 19.5 Å². The molecule has 0 saturated carbocycles. The lowest BCUT2D eigenvalue weighted by Gasteiger charge is -2.31. The Labute approximate surface area is 260 Å². The van der Waals surface area contributed by atoms with Gasteiger partial charge in [0.2, 0.25) is 17.7 Å². The molecule has 44 heavy (non-hydrogen) atoms. The zero-order chi connectivity index (χ0) is 31.1. The van der Waals surface area contributed by atoms with E-state index in [2.05, 4.69) is 15.6 Å². The summed E-state index contributed by atoms with van der Waals surface area (Å²) in [5.41, 5.74) is 2.86. The third-order valence-corrected chi connectivity index (χ3v) is 8.47. The number of benzene rings is 3. The lowest BCUT2D eigenvalue weighted by atomic mass is 10.00. The molecule has 0 bridgehead atoms. The number of aromatic nitrogens is 1. The quantitative estimate of drug-likeness (QED) is 0.225. The summed E-state index contributed by atoms with van der Waals surface area (Å²) in [6.45, 7) is 3.72. The molecular formula is C33H36N4O6S. The fraction of sp³-hybridized carbons (Fsp3) is 0.333. The van der Waals surface area contributed by atoms with Crippen molar-refractivity contribution in [2.45, 2.75) is 51.1 Å². The lowest BCUT2D eigenvalue weighted by Crippen LogP contribution is -2.57.